The highest BCUT2D eigenvalue weighted by molar-refractivity contribution is 5.02. The maximum absolute atomic E-state index is 5.93. The predicted octanol–water partition coefficient (Wildman–Crippen LogP) is 1.74. The van der Waals surface area contributed by atoms with Gasteiger partial charge in [-0.1, -0.05) is 6.42 Å². The molecule has 2 heteroatoms. The van der Waals surface area contributed by atoms with E-state index >= 15 is 0 Å². The summed E-state index contributed by atoms with van der Waals surface area (Å²) in [4.78, 5) is 2.73. The van der Waals surface area contributed by atoms with Crippen LogP contribution < -0.4 is 5.73 Å². The van der Waals surface area contributed by atoms with Gasteiger partial charge in [0.15, 0.2) is 0 Å². The predicted molar refractivity (Wildman–Crippen MR) is 58.1 cm³/mol. The minimum atomic E-state index is 0.505. The van der Waals surface area contributed by atoms with Crippen molar-refractivity contribution in [3.8, 4) is 0 Å². The van der Waals surface area contributed by atoms with Crippen molar-refractivity contribution in [2.45, 2.75) is 57.0 Å². The Balaban J connectivity index is 1.49. The van der Waals surface area contributed by atoms with E-state index in [9.17, 15) is 0 Å². The van der Waals surface area contributed by atoms with Crippen molar-refractivity contribution in [3.05, 3.63) is 0 Å². The molecule has 0 aromatic carbocycles. The van der Waals surface area contributed by atoms with Gasteiger partial charge in [0.2, 0.25) is 0 Å². The fourth-order valence-electron chi connectivity index (χ4n) is 3.53. The summed E-state index contributed by atoms with van der Waals surface area (Å²) in [6.07, 6.45) is 9.74. The van der Waals surface area contributed by atoms with Crippen molar-refractivity contribution in [3.63, 3.8) is 0 Å². The lowest BCUT2D eigenvalue weighted by molar-refractivity contribution is -0.0899. The summed E-state index contributed by atoms with van der Waals surface area (Å²) in [7, 11) is 0. The number of nitrogens with zero attached hydrogens (tertiary/aromatic N) is 1. The van der Waals surface area contributed by atoms with Crippen LogP contribution in [-0.2, 0) is 0 Å². The van der Waals surface area contributed by atoms with E-state index in [2.05, 4.69) is 4.90 Å². The van der Waals surface area contributed by atoms with Crippen LogP contribution in [0.1, 0.15) is 44.9 Å². The van der Waals surface area contributed by atoms with Crippen molar-refractivity contribution in [1.82, 2.24) is 4.90 Å². The van der Waals surface area contributed by atoms with E-state index in [0.29, 0.717) is 6.04 Å². The fraction of sp³-hybridized carbons (Fsp3) is 1.00. The van der Waals surface area contributed by atoms with E-state index < -0.39 is 0 Å². The first-order valence-corrected chi connectivity index (χ1v) is 6.27. The van der Waals surface area contributed by atoms with Gasteiger partial charge in [-0.2, -0.15) is 0 Å². The molecule has 3 fully saturated rings. The summed E-state index contributed by atoms with van der Waals surface area (Å²) < 4.78 is 0. The Morgan fingerprint density at radius 3 is 2.14 bits per heavy atom. The Morgan fingerprint density at radius 1 is 1.00 bits per heavy atom. The van der Waals surface area contributed by atoms with Crippen LogP contribution in [0.5, 0.6) is 0 Å². The third kappa shape index (κ3) is 1.40. The molecule has 2 N–H and O–H groups in total. The van der Waals surface area contributed by atoms with Gasteiger partial charge in [0.05, 0.1) is 0 Å². The molecule has 2 saturated carbocycles. The SMILES string of the molecule is NC1CCC(N2CC3(CCC3)C2)CC1. The van der Waals surface area contributed by atoms with Crippen molar-refractivity contribution in [2.75, 3.05) is 13.1 Å². The maximum Gasteiger partial charge on any atom is 0.00968 e. The van der Waals surface area contributed by atoms with Crippen LogP contribution >= 0.6 is 0 Å². The van der Waals surface area contributed by atoms with Crippen LogP contribution in [-0.4, -0.2) is 30.1 Å². The fourth-order valence-corrected chi connectivity index (χ4v) is 3.53. The van der Waals surface area contributed by atoms with Crippen molar-refractivity contribution in [1.29, 1.82) is 0 Å². The zero-order valence-electron chi connectivity index (χ0n) is 9.04. The summed E-state index contributed by atoms with van der Waals surface area (Å²) in [6.45, 7) is 2.82. The number of nitrogens with two attached hydrogens (primary N) is 1. The van der Waals surface area contributed by atoms with Crippen molar-refractivity contribution in [2.24, 2.45) is 11.1 Å². The number of likely N-dealkylation sites (tertiary alicyclic amines) is 1. The molecule has 0 atom stereocenters. The molecule has 0 amide bonds. The first kappa shape index (κ1) is 9.17. The average Bonchev–Trinajstić information content (AvgIpc) is 2.03. The van der Waals surface area contributed by atoms with Gasteiger partial charge in [-0.3, -0.25) is 4.90 Å². The second-order valence-corrected chi connectivity index (χ2v) is 5.83. The van der Waals surface area contributed by atoms with E-state index in [4.69, 9.17) is 5.73 Å². The minimum absolute atomic E-state index is 0.505. The second-order valence-electron chi connectivity index (χ2n) is 5.83. The molecule has 2 nitrogen and oxygen atoms in total. The molecule has 3 rings (SSSR count). The lowest BCUT2D eigenvalue weighted by atomic mass is 9.63. The Kier molecular flexibility index (Phi) is 2.10. The smallest absolute Gasteiger partial charge is 0.00968 e. The largest absolute Gasteiger partial charge is 0.328 e. The molecule has 0 radical (unpaired) electrons. The van der Waals surface area contributed by atoms with Crippen molar-refractivity contribution >= 4 is 0 Å². The Bertz CT molecular complexity index is 206. The quantitative estimate of drug-likeness (QED) is 0.689. The van der Waals surface area contributed by atoms with Gasteiger partial charge >= 0.3 is 0 Å². The molecule has 0 aromatic rings. The average molecular weight is 194 g/mol. The summed E-state index contributed by atoms with van der Waals surface area (Å²) in [5.74, 6) is 0. The molecule has 1 saturated heterocycles. The molecule has 14 heavy (non-hydrogen) atoms. The highest BCUT2D eigenvalue weighted by atomic mass is 15.2. The molecule has 80 valence electrons. The van der Waals surface area contributed by atoms with E-state index in [-0.39, 0.29) is 0 Å². The lowest BCUT2D eigenvalue weighted by Crippen LogP contribution is -2.63. The van der Waals surface area contributed by atoms with Gasteiger partial charge in [0.25, 0.3) is 0 Å². The molecule has 0 aromatic heterocycles. The van der Waals surface area contributed by atoms with Gasteiger partial charge in [-0.05, 0) is 43.9 Å². The highest BCUT2D eigenvalue weighted by Gasteiger charge is 2.49. The van der Waals surface area contributed by atoms with E-state index in [1.54, 1.807) is 0 Å². The highest BCUT2D eigenvalue weighted by Crippen LogP contribution is 2.49. The van der Waals surface area contributed by atoms with Crippen molar-refractivity contribution < 1.29 is 0 Å². The third-order valence-electron chi connectivity index (χ3n) is 4.75. The summed E-state index contributed by atoms with van der Waals surface area (Å²) in [6, 6.07) is 1.39. The Hall–Kier alpha value is -0.0800. The number of hydrogen-bond acceptors (Lipinski definition) is 2. The summed E-state index contributed by atoms with van der Waals surface area (Å²) >= 11 is 0. The molecule has 1 heterocycles. The zero-order valence-corrected chi connectivity index (χ0v) is 9.04. The molecule has 2 aliphatic carbocycles. The van der Waals surface area contributed by atoms with Gasteiger partial charge in [-0.25, -0.2) is 0 Å². The standard InChI is InChI=1S/C12H22N2/c13-10-2-4-11(5-3-10)14-8-12(9-14)6-1-7-12/h10-11H,1-9,13H2. The Morgan fingerprint density at radius 2 is 1.64 bits per heavy atom. The molecular formula is C12H22N2. The third-order valence-corrected chi connectivity index (χ3v) is 4.75. The van der Waals surface area contributed by atoms with Gasteiger partial charge in [-0.15, -0.1) is 0 Å². The van der Waals surface area contributed by atoms with Crippen LogP contribution in [0, 0.1) is 5.41 Å². The van der Waals surface area contributed by atoms with Crippen LogP contribution in [0.15, 0.2) is 0 Å². The minimum Gasteiger partial charge on any atom is -0.328 e. The first-order chi connectivity index (χ1) is 6.77. The number of rotatable bonds is 1. The van der Waals surface area contributed by atoms with Gasteiger partial charge in [0.1, 0.15) is 0 Å². The monoisotopic (exact) mass is 194 g/mol. The molecule has 1 spiro atoms. The molecular weight excluding hydrogens is 172 g/mol. The number of hydrogen-bond donors (Lipinski definition) is 1. The molecule has 0 unspecified atom stereocenters. The van der Waals surface area contributed by atoms with Gasteiger partial charge < -0.3 is 5.73 Å². The Labute approximate surface area is 86.8 Å². The maximum atomic E-state index is 5.93. The van der Waals surface area contributed by atoms with Crippen LogP contribution in [0.3, 0.4) is 0 Å². The van der Waals surface area contributed by atoms with E-state index in [0.717, 1.165) is 11.5 Å². The summed E-state index contributed by atoms with van der Waals surface area (Å²) in [5.41, 5.74) is 6.73. The van der Waals surface area contributed by atoms with E-state index in [1.165, 1.54) is 58.0 Å². The van der Waals surface area contributed by atoms with Crippen LogP contribution in [0.2, 0.25) is 0 Å². The molecule has 3 aliphatic rings. The first-order valence-electron chi connectivity index (χ1n) is 6.27. The van der Waals surface area contributed by atoms with Gasteiger partial charge in [0, 0.05) is 25.2 Å². The van der Waals surface area contributed by atoms with Crippen LogP contribution in [0.4, 0.5) is 0 Å². The lowest BCUT2D eigenvalue weighted by Gasteiger charge is -2.59. The zero-order chi connectivity index (χ0) is 9.60. The van der Waals surface area contributed by atoms with Crippen LogP contribution in [0.25, 0.3) is 0 Å². The topological polar surface area (TPSA) is 29.3 Å². The molecule has 0 bridgehead atoms. The van der Waals surface area contributed by atoms with E-state index in [1.807, 2.05) is 0 Å². The summed E-state index contributed by atoms with van der Waals surface area (Å²) in [5, 5.41) is 0. The normalized spacial score (nSPS) is 41.8. The second kappa shape index (κ2) is 3.21. The molecule has 1 aliphatic heterocycles.